The normalized spacial score (nSPS) is 10.0. The van der Waals surface area contributed by atoms with E-state index in [-0.39, 0.29) is 0 Å². The Bertz CT molecular complexity index is 509. The molecule has 2 rings (SSSR count). The van der Waals surface area contributed by atoms with Crippen molar-refractivity contribution in [3.05, 3.63) is 53.0 Å². The van der Waals surface area contributed by atoms with Gasteiger partial charge < -0.3 is 4.85 Å². The van der Waals surface area contributed by atoms with Gasteiger partial charge in [-0.05, 0) is 19.1 Å². The van der Waals surface area contributed by atoms with Gasteiger partial charge in [0.2, 0.25) is 6.54 Å². The number of rotatable bonds is 1. The maximum absolute atomic E-state index is 6.89. The highest BCUT2D eigenvalue weighted by molar-refractivity contribution is 5.82. The minimum absolute atomic E-state index is 0.434. The topological polar surface area (TPSA) is 17.2 Å². The molecule has 0 amide bonds. The molecular formula is C12H10N2. The molecule has 14 heavy (non-hydrogen) atoms. The highest BCUT2D eigenvalue weighted by Crippen LogP contribution is 2.18. The van der Waals surface area contributed by atoms with Gasteiger partial charge in [-0.15, -0.1) is 0 Å². The molecule has 0 saturated carbocycles. The van der Waals surface area contributed by atoms with Gasteiger partial charge in [-0.1, -0.05) is 18.2 Å². The van der Waals surface area contributed by atoms with Crippen molar-refractivity contribution in [2.24, 2.45) is 0 Å². The summed E-state index contributed by atoms with van der Waals surface area (Å²) in [6.07, 6.45) is 0. The molecule has 0 unspecified atom stereocenters. The number of hydrogen-bond acceptors (Lipinski definition) is 1. The van der Waals surface area contributed by atoms with Gasteiger partial charge in [0.1, 0.15) is 0 Å². The van der Waals surface area contributed by atoms with E-state index >= 15 is 0 Å². The van der Waals surface area contributed by atoms with Gasteiger partial charge >= 0.3 is 0 Å². The molecule has 2 nitrogen and oxygen atoms in total. The lowest BCUT2D eigenvalue weighted by atomic mass is 10.1. The van der Waals surface area contributed by atoms with E-state index in [1.807, 2.05) is 37.3 Å². The molecule has 1 heterocycles. The van der Waals surface area contributed by atoms with E-state index in [1.165, 1.54) is 0 Å². The third-order valence-electron chi connectivity index (χ3n) is 2.18. The predicted octanol–water partition coefficient (Wildman–Crippen LogP) is 2.96. The van der Waals surface area contributed by atoms with Crippen LogP contribution in [0.1, 0.15) is 11.3 Å². The van der Waals surface area contributed by atoms with Crippen molar-refractivity contribution in [1.29, 1.82) is 0 Å². The van der Waals surface area contributed by atoms with Gasteiger partial charge in [0, 0.05) is 16.6 Å². The summed E-state index contributed by atoms with van der Waals surface area (Å²) in [5.74, 6) is 0. The second-order valence-corrected chi connectivity index (χ2v) is 3.26. The zero-order valence-corrected chi connectivity index (χ0v) is 7.99. The van der Waals surface area contributed by atoms with Crippen molar-refractivity contribution < 1.29 is 0 Å². The Balaban J connectivity index is 2.74. The van der Waals surface area contributed by atoms with E-state index in [4.69, 9.17) is 6.57 Å². The third-order valence-corrected chi connectivity index (χ3v) is 2.18. The van der Waals surface area contributed by atoms with Gasteiger partial charge in [-0.2, -0.15) is 0 Å². The van der Waals surface area contributed by atoms with Crippen LogP contribution in [0.5, 0.6) is 0 Å². The molecule has 68 valence electrons. The standard InChI is InChI=1S/C12H10N2/c1-9-7-10(8-13-2)11-5-3-4-6-12(11)14-9/h3-7H,8H2,1H3. The smallest absolute Gasteiger partial charge is 0.240 e. The number of pyridine rings is 1. The lowest BCUT2D eigenvalue weighted by Crippen LogP contribution is -1.89. The first kappa shape index (κ1) is 8.71. The van der Waals surface area contributed by atoms with Crippen molar-refractivity contribution in [3.8, 4) is 0 Å². The number of nitrogens with zero attached hydrogens (tertiary/aromatic N) is 2. The summed E-state index contributed by atoms with van der Waals surface area (Å²) in [6, 6.07) is 9.93. The number of fused-ring (bicyclic) bond motifs is 1. The first-order valence-corrected chi connectivity index (χ1v) is 4.50. The highest BCUT2D eigenvalue weighted by atomic mass is 14.7. The third kappa shape index (κ3) is 1.45. The van der Waals surface area contributed by atoms with Gasteiger partial charge in [0.05, 0.1) is 5.52 Å². The molecule has 0 bridgehead atoms. The quantitative estimate of drug-likeness (QED) is 0.620. The maximum Gasteiger partial charge on any atom is 0.240 e. The molecule has 0 fully saturated rings. The average Bonchev–Trinajstić information content (AvgIpc) is 2.18. The Hall–Kier alpha value is -1.88. The van der Waals surface area contributed by atoms with Crippen LogP contribution in [0.25, 0.3) is 15.7 Å². The van der Waals surface area contributed by atoms with Crippen molar-refractivity contribution in [2.45, 2.75) is 13.5 Å². The summed E-state index contributed by atoms with van der Waals surface area (Å²) >= 11 is 0. The fraction of sp³-hybridized carbons (Fsp3) is 0.167. The number of aromatic nitrogens is 1. The SMILES string of the molecule is [C-]#[N+]Cc1cc(C)nc2ccccc12. The maximum atomic E-state index is 6.89. The van der Waals surface area contributed by atoms with Crippen LogP contribution in [0.4, 0.5) is 0 Å². The molecular weight excluding hydrogens is 172 g/mol. The fourth-order valence-corrected chi connectivity index (χ4v) is 1.61. The van der Waals surface area contributed by atoms with Crippen LogP contribution in [-0.4, -0.2) is 4.98 Å². The van der Waals surface area contributed by atoms with Gasteiger partial charge in [0.15, 0.2) is 0 Å². The van der Waals surface area contributed by atoms with Crippen LogP contribution in [0.2, 0.25) is 0 Å². The summed E-state index contributed by atoms with van der Waals surface area (Å²) in [5.41, 5.74) is 3.02. The summed E-state index contributed by atoms with van der Waals surface area (Å²) in [6.45, 7) is 9.28. The second-order valence-electron chi connectivity index (χ2n) is 3.26. The van der Waals surface area contributed by atoms with Crippen LogP contribution in [0.15, 0.2) is 30.3 Å². The predicted molar refractivity (Wildman–Crippen MR) is 56.8 cm³/mol. The fourth-order valence-electron chi connectivity index (χ4n) is 1.61. The van der Waals surface area contributed by atoms with Crippen LogP contribution in [0.3, 0.4) is 0 Å². The lowest BCUT2D eigenvalue weighted by molar-refractivity contribution is 1.19. The summed E-state index contributed by atoms with van der Waals surface area (Å²) in [4.78, 5) is 7.84. The Morgan fingerprint density at radius 1 is 1.36 bits per heavy atom. The molecule has 1 aromatic heterocycles. The first-order chi connectivity index (χ1) is 6.81. The van der Waals surface area contributed by atoms with Gasteiger partial charge in [0.25, 0.3) is 0 Å². The molecule has 0 radical (unpaired) electrons. The second kappa shape index (κ2) is 3.47. The van der Waals surface area contributed by atoms with Crippen LogP contribution >= 0.6 is 0 Å². The molecule has 0 atom stereocenters. The number of para-hydroxylation sites is 1. The summed E-state index contributed by atoms with van der Waals surface area (Å²) in [7, 11) is 0. The molecule has 2 aromatic rings. The number of hydrogen-bond donors (Lipinski definition) is 0. The van der Waals surface area contributed by atoms with Crippen LogP contribution in [0, 0.1) is 13.5 Å². The Kier molecular flexibility index (Phi) is 2.16. The monoisotopic (exact) mass is 182 g/mol. The number of benzene rings is 1. The zero-order valence-electron chi connectivity index (χ0n) is 7.99. The van der Waals surface area contributed by atoms with Crippen LogP contribution < -0.4 is 0 Å². The molecule has 0 N–H and O–H groups in total. The number of aryl methyl sites for hydroxylation is 1. The molecule has 0 aliphatic rings. The zero-order chi connectivity index (χ0) is 9.97. The summed E-state index contributed by atoms with van der Waals surface area (Å²) in [5, 5.41) is 1.09. The van der Waals surface area contributed by atoms with E-state index in [2.05, 4.69) is 9.83 Å². The average molecular weight is 182 g/mol. The molecule has 0 aliphatic carbocycles. The van der Waals surface area contributed by atoms with E-state index < -0.39 is 0 Å². The van der Waals surface area contributed by atoms with Crippen molar-refractivity contribution in [3.63, 3.8) is 0 Å². The van der Waals surface area contributed by atoms with E-state index in [9.17, 15) is 0 Å². The van der Waals surface area contributed by atoms with Crippen molar-refractivity contribution in [1.82, 2.24) is 4.98 Å². The van der Waals surface area contributed by atoms with Crippen molar-refractivity contribution in [2.75, 3.05) is 0 Å². The summed E-state index contributed by atoms with van der Waals surface area (Å²) < 4.78 is 0. The Morgan fingerprint density at radius 3 is 2.93 bits per heavy atom. The Labute approximate surface area is 83.0 Å². The van der Waals surface area contributed by atoms with Crippen LogP contribution in [-0.2, 0) is 6.54 Å². The first-order valence-electron chi connectivity index (χ1n) is 4.50. The minimum atomic E-state index is 0.434. The van der Waals surface area contributed by atoms with E-state index in [0.717, 1.165) is 22.2 Å². The van der Waals surface area contributed by atoms with E-state index in [0.29, 0.717) is 6.54 Å². The Morgan fingerprint density at radius 2 is 2.14 bits per heavy atom. The molecule has 0 saturated heterocycles. The molecule has 0 spiro atoms. The largest absolute Gasteiger partial charge is 0.312 e. The minimum Gasteiger partial charge on any atom is -0.312 e. The molecule has 1 aromatic carbocycles. The van der Waals surface area contributed by atoms with Gasteiger partial charge in [-0.3, -0.25) is 4.98 Å². The van der Waals surface area contributed by atoms with E-state index in [1.54, 1.807) is 0 Å². The lowest BCUT2D eigenvalue weighted by Gasteiger charge is -2.02. The van der Waals surface area contributed by atoms with Crippen molar-refractivity contribution >= 4 is 10.9 Å². The molecule has 0 aliphatic heterocycles. The molecule has 2 heteroatoms. The highest BCUT2D eigenvalue weighted by Gasteiger charge is 2.04. The van der Waals surface area contributed by atoms with Gasteiger partial charge in [-0.25, -0.2) is 6.57 Å².